The predicted octanol–water partition coefficient (Wildman–Crippen LogP) is 0.962. The Kier molecular flexibility index (Phi) is 3.83. The molecule has 18 heavy (non-hydrogen) atoms. The Morgan fingerprint density at radius 2 is 2.11 bits per heavy atom. The standard InChI is InChI=1S/C11H12N4O2S/c1-12-11(17)13-8-4-2-7(3-5-8)10-15-14-9(16)6-18-10/h2-5H,6H2,1H3,(H,14,16)(H2,12,13,17). The van der Waals surface area contributed by atoms with Crippen molar-refractivity contribution in [2.24, 2.45) is 5.10 Å². The van der Waals surface area contributed by atoms with Crippen LogP contribution in [0.2, 0.25) is 0 Å². The molecule has 3 N–H and O–H groups in total. The van der Waals surface area contributed by atoms with Crippen molar-refractivity contribution in [3.05, 3.63) is 29.8 Å². The number of nitrogens with one attached hydrogen (secondary N) is 3. The molecular weight excluding hydrogens is 252 g/mol. The quantitative estimate of drug-likeness (QED) is 0.744. The van der Waals surface area contributed by atoms with Crippen molar-refractivity contribution in [2.45, 2.75) is 0 Å². The van der Waals surface area contributed by atoms with E-state index in [1.54, 1.807) is 19.2 Å². The smallest absolute Gasteiger partial charge is 0.318 e. The van der Waals surface area contributed by atoms with E-state index < -0.39 is 0 Å². The number of nitrogens with zero attached hydrogens (tertiary/aromatic N) is 1. The first-order valence-corrected chi connectivity index (χ1v) is 6.26. The molecule has 0 fully saturated rings. The number of carbonyl (C=O) groups is 2. The number of urea groups is 1. The lowest BCUT2D eigenvalue weighted by Gasteiger charge is -2.12. The zero-order chi connectivity index (χ0) is 13.0. The van der Waals surface area contributed by atoms with Crippen LogP contribution < -0.4 is 16.1 Å². The molecule has 1 aliphatic rings. The number of amides is 3. The Morgan fingerprint density at radius 3 is 2.67 bits per heavy atom. The summed E-state index contributed by atoms with van der Waals surface area (Å²) in [6.07, 6.45) is 0. The second kappa shape index (κ2) is 5.54. The fraction of sp³-hybridized carbons (Fsp3) is 0.182. The SMILES string of the molecule is CNC(=O)Nc1ccc(C2=NNC(=O)CS2)cc1. The topological polar surface area (TPSA) is 82.6 Å². The summed E-state index contributed by atoms with van der Waals surface area (Å²) in [5, 5.41) is 9.87. The minimum absolute atomic E-state index is 0.0957. The van der Waals surface area contributed by atoms with Crippen molar-refractivity contribution in [3.8, 4) is 0 Å². The van der Waals surface area contributed by atoms with E-state index >= 15 is 0 Å². The molecule has 2 rings (SSSR count). The molecule has 1 heterocycles. The van der Waals surface area contributed by atoms with Gasteiger partial charge in [-0.3, -0.25) is 4.79 Å². The van der Waals surface area contributed by atoms with Gasteiger partial charge < -0.3 is 10.6 Å². The van der Waals surface area contributed by atoms with Crippen LogP contribution in [0.4, 0.5) is 10.5 Å². The van der Waals surface area contributed by atoms with Crippen LogP contribution in [-0.2, 0) is 4.79 Å². The molecule has 1 aromatic rings. The summed E-state index contributed by atoms with van der Waals surface area (Å²) in [6, 6.07) is 6.98. The highest BCUT2D eigenvalue weighted by molar-refractivity contribution is 8.15. The van der Waals surface area contributed by atoms with Gasteiger partial charge >= 0.3 is 6.03 Å². The van der Waals surface area contributed by atoms with Crippen LogP contribution in [0.1, 0.15) is 5.56 Å². The number of rotatable bonds is 2. The lowest BCUT2D eigenvalue weighted by atomic mass is 10.2. The molecule has 1 aromatic carbocycles. The molecule has 0 bridgehead atoms. The maximum atomic E-state index is 11.1. The van der Waals surface area contributed by atoms with Gasteiger partial charge in [0.2, 0.25) is 0 Å². The lowest BCUT2D eigenvalue weighted by Crippen LogP contribution is -2.26. The molecule has 0 aliphatic carbocycles. The van der Waals surface area contributed by atoms with E-state index in [-0.39, 0.29) is 11.9 Å². The summed E-state index contributed by atoms with van der Waals surface area (Å²) in [4.78, 5) is 22.1. The molecule has 1 aliphatic heterocycles. The highest BCUT2D eigenvalue weighted by Gasteiger charge is 2.13. The molecule has 0 spiro atoms. The summed E-state index contributed by atoms with van der Waals surface area (Å²) in [5.41, 5.74) is 4.04. The number of carbonyl (C=O) groups excluding carboxylic acids is 2. The molecule has 0 atom stereocenters. The van der Waals surface area contributed by atoms with Gasteiger partial charge in [0, 0.05) is 18.3 Å². The molecule has 0 saturated heterocycles. The molecular formula is C11H12N4O2S. The number of anilines is 1. The third-order valence-electron chi connectivity index (χ3n) is 2.24. The van der Waals surface area contributed by atoms with Gasteiger partial charge in [-0.1, -0.05) is 23.9 Å². The van der Waals surface area contributed by atoms with Gasteiger partial charge in [-0.25, -0.2) is 10.2 Å². The van der Waals surface area contributed by atoms with E-state index in [1.165, 1.54) is 11.8 Å². The van der Waals surface area contributed by atoms with Crippen LogP contribution >= 0.6 is 11.8 Å². The van der Waals surface area contributed by atoms with Gasteiger partial charge in [-0.2, -0.15) is 5.10 Å². The zero-order valence-electron chi connectivity index (χ0n) is 9.69. The molecule has 6 nitrogen and oxygen atoms in total. The van der Waals surface area contributed by atoms with Gasteiger partial charge in [0.25, 0.3) is 5.91 Å². The lowest BCUT2D eigenvalue weighted by molar-refractivity contribution is -0.118. The highest BCUT2D eigenvalue weighted by Crippen LogP contribution is 2.18. The van der Waals surface area contributed by atoms with E-state index in [0.717, 1.165) is 10.6 Å². The summed E-state index contributed by atoms with van der Waals surface area (Å²) >= 11 is 1.39. The predicted molar refractivity (Wildman–Crippen MR) is 71.7 cm³/mol. The number of hydrazone groups is 1. The number of hydrogen-bond acceptors (Lipinski definition) is 4. The molecule has 0 unspecified atom stereocenters. The molecule has 3 amide bonds. The van der Waals surface area contributed by atoms with Gasteiger partial charge in [-0.15, -0.1) is 0 Å². The molecule has 7 heteroatoms. The van der Waals surface area contributed by atoms with E-state index in [2.05, 4.69) is 21.2 Å². The fourth-order valence-corrected chi connectivity index (χ4v) is 2.09. The Labute approximate surface area is 108 Å². The zero-order valence-corrected chi connectivity index (χ0v) is 10.5. The first-order valence-electron chi connectivity index (χ1n) is 5.27. The maximum Gasteiger partial charge on any atom is 0.318 e. The highest BCUT2D eigenvalue weighted by atomic mass is 32.2. The maximum absolute atomic E-state index is 11.1. The molecule has 0 saturated carbocycles. The third-order valence-corrected chi connectivity index (χ3v) is 3.25. The van der Waals surface area contributed by atoms with Gasteiger partial charge in [0.15, 0.2) is 0 Å². The van der Waals surface area contributed by atoms with Crippen molar-refractivity contribution < 1.29 is 9.59 Å². The van der Waals surface area contributed by atoms with Crippen molar-refractivity contribution in [1.29, 1.82) is 0 Å². The summed E-state index contributed by atoms with van der Waals surface area (Å²) in [5.74, 6) is 0.276. The number of hydrogen-bond donors (Lipinski definition) is 3. The summed E-state index contributed by atoms with van der Waals surface area (Å²) < 4.78 is 0. The fourth-order valence-electron chi connectivity index (χ4n) is 1.35. The Hall–Kier alpha value is -2.02. The normalized spacial score (nSPS) is 14.5. The van der Waals surface area contributed by atoms with Crippen molar-refractivity contribution in [1.82, 2.24) is 10.7 Å². The van der Waals surface area contributed by atoms with Gasteiger partial charge in [-0.05, 0) is 12.1 Å². The van der Waals surface area contributed by atoms with Crippen LogP contribution in [0.3, 0.4) is 0 Å². The van der Waals surface area contributed by atoms with Crippen molar-refractivity contribution in [3.63, 3.8) is 0 Å². The Bertz CT molecular complexity index is 498. The van der Waals surface area contributed by atoms with Gasteiger partial charge in [0.05, 0.1) is 5.75 Å². The average molecular weight is 264 g/mol. The van der Waals surface area contributed by atoms with Gasteiger partial charge in [0.1, 0.15) is 5.04 Å². The second-order valence-corrected chi connectivity index (χ2v) is 4.49. The van der Waals surface area contributed by atoms with Crippen LogP contribution in [0, 0.1) is 0 Å². The largest absolute Gasteiger partial charge is 0.341 e. The average Bonchev–Trinajstić information content (AvgIpc) is 2.40. The summed E-state index contributed by atoms with van der Waals surface area (Å²) in [7, 11) is 1.56. The Morgan fingerprint density at radius 1 is 1.39 bits per heavy atom. The molecule has 0 aromatic heterocycles. The van der Waals surface area contributed by atoms with E-state index in [0.29, 0.717) is 11.4 Å². The Balaban J connectivity index is 2.08. The minimum Gasteiger partial charge on any atom is -0.341 e. The number of benzene rings is 1. The number of thioether (sulfide) groups is 1. The van der Waals surface area contributed by atoms with E-state index in [1.807, 2.05) is 12.1 Å². The second-order valence-electron chi connectivity index (χ2n) is 3.52. The van der Waals surface area contributed by atoms with Crippen molar-refractivity contribution >= 4 is 34.4 Å². The van der Waals surface area contributed by atoms with Crippen molar-refractivity contribution in [2.75, 3.05) is 18.1 Å². The third kappa shape index (κ3) is 3.01. The minimum atomic E-state index is -0.264. The monoisotopic (exact) mass is 264 g/mol. The first-order chi connectivity index (χ1) is 8.69. The van der Waals surface area contributed by atoms with Crippen LogP contribution in [-0.4, -0.2) is 29.8 Å². The van der Waals surface area contributed by atoms with E-state index in [4.69, 9.17) is 0 Å². The van der Waals surface area contributed by atoms with Crippen LogP contribution in [0.25, 0.3) is 0 Å². The van der Waals surface area contributed by atoms with Crippen LogP contribution in [0.15, 0.2) is 29.4 Å². The molecule has 94 valence electrons. The summed E-state index contributed by atoms with van der Waals surface area (Å²) in [6.45, 7) is 0. The first kappa shape index (κ1) is 12.4. The van der Waals surface area contributed by atoms with E-state index in [9.17, 15) is 9.59 Å². The van der Waals surface area contributed by atoms with Crippen LogP contribution in [0.5, 0.6) is 0 Å². The molecule has 0 radical (unpaired) electrons.